The minimum absolute atomic E-state index is 0.0356. The van der Waals surface area contributed by atoms with Crippen LogP contribution in [0, 0.1) is 6.92 Å². The number of anilines is 1. The lowest BCUT2D eigenvalue weighted by molar-refractivity contribution is -0.121. The molecule has 142 valence electrons. The summed E-state index contributed by atoms with van der Waals surface area (Å²) in [6, 6.07) is 13.9. The van der Waals surface area contributed by atoms with Crippen LogP contribution in [0.5, 0.6) is 5.75 Å². The van der Waals surface area contributed by atoms with Crippen LogP contribution in [0.3, 0.4) is 0 Å². The summed E-state index contributed by atoms with van der Waals surface area (Å²) >= 11 is 6.26. The number of carbonyl (C=O) groups excluding carboxylic acids is 2. The van der Waals surface area contributed by atoms with E-state index in [0.717, 1.165) is 17.7 Å². The zero-order chi connectivity index (χ0) is 19.7. The Kier molecular flexibility index (Phi) is 5.19. The van der Waals surface area contributed by atoms with Gasteiger partial charge in [-0.25, -0.2) is 0 Å². The fraction of sp³-hybridized carbons (Fsp3) is 0.190. The number of hydrogen-bond acceptors (Lipinski definition) is 5. The maximum absolute atomic E-state index is 12.5. The van der Waals surface area contributed by atoms with Crippen molar-refractivity contribution in [2.45, 2.75) is 13.3 Å². The number of rotatable bonds is 4. The number of thiocarbonyl (C=S) groups is 1. The Labute approximate surface area is 172 Å². The molecule has 0 atom stereocenters. The molecule has 0 bridgehead atoms. The van der Waals surface area contributed by atoms with Crippen molar-refractivity contribution in [1.29, 1.82) is 0 Å². The van der Waals surface area contributed by atoms with Crippen molar-refractivity contribution in [1.82, 2.24) is 5.32 Å². The van der Waals surface area contributed by atoms with Crippen LogP contribution < -0.4 is 15.0 Å². The maximum Gasteiger partial charge on any atom is 0.265 e. The average Bonchev–Trinajstić information content (AvgIpc) is 2.99. The summed E-state index contributed by atoms with van der Waals surface area (Å²) in [6.07, 6.45) is 2.53. The summed E-state index contributed by atoms with van der Waals surface area (Å²) in [5.41, 5.74) is 3.93. The number of fused-ring (bicyclic) bond motifs is 1. The molecular weight excluding hydrogens is 392 g/mol. The number of carbonyl (C=O) groups is 2. The second-order valence-electron chi connectivity index (χ2n) is 6.65. The van der Waals surface area contributed by atoms with Gasteiger partial charge in [0.15, 0.2) is 6.61 Å². The van der Waals surface area contributed by atoms with E-state index in [0.29, 0.717) is 21.5 Å². The number of thioether (sulfide) groups is 1. The Hall–Kier alpha value is -2.64. The number of nitrogens with one attached hydrogen (secondary N) is 1. The number of amides is 2. The normalized spacial score (nSPS) is 17.5. The highest BCUT2D eigenvalue weighted by Crippen LogP contribution is 2.35. The van der Waals surface area contributed by atoms with Crippen molar-refractivity contribution in [3.05, 3.63) is 64.1 Å². The molecule has 0 spiro atoms. The van der Waals surface area contributed by atoms with Crippen molar-refractivity contribution in [2.24, 2.45) is 0 Å². The summed E-state index contributed by atoms with van der Waals surface area (Å²) in [5.74, 6) is 0.402. The third kappa shape index (κ3) is 3.95. The molecular formula is C21H18N2O3S2. The number of benzene rings is 2. The molecule has 28 heavy (non-hydrogen) atoms. The summed E-state index contributed by atoms with van der Waals surface area (Å²) in [6.45, 7) is 2.66. The second-order valence-corrected chi connectivity index (χ2v) is 8.37. The third-order valence-electron chi connectivity index (χ3n) is 4.61. The smallest absolute Gasteiger partial charge is 0.265 e. The molecule has 0 aliphatic carbocycles. The van der Waals surface area contributed by atoms with Crippen LogP contribution in [0.2, 0.25) is 0 Å². The van der Waals surface area contributed by atoms with Crippen LogP contribution in [0.15, 0.2) is 47.4 Å². The minimum atomic E-state index is -0.198. The molecule has 2 aliphatic heterocycles. The van der Waals surface area contributed by atoms with Gasteiger partial charge in [-0.1, -0.05) is 59.9 Å². The van der Waals surface area contributed by atoms with Crippen LogP contribution in [0.25, 0.3) is 6.08 Å². The summed E-state index contributed by atoms with van der Waals surface area (Å²) in [4.78, 5) is 26.7. The standard InChI is InChI=1S/C21H18N2O3S2/c1-13-2-4-14(5-3-13)8-9-23-16-10-15(6-7-17(16)26-12-19(23)24)11-18-20(25)22-21(27)28-18/h2-7,10-11H,8-9,12H2,1H3,(H,22,25,27)/b18-11-. The summed E-state index contributed by atoms with van der Waals surface area (Å²) in [5, 5.41) is 2.61. The Bertz CT molecular complexity index is 999. The molecule has 1 saturated heterocycles. The predicted molar refractivity (Wildman–Crippen MR) is 115 cm³/mol. The number of ether oxygens (including phenoxy) is 1. The maximum atomic E-state index is 12.5. The molecule has 0 aromatic heterocycles. The van der Waals surface area contributed by atoms with Gasteiger partial charge < -0.3 is 15.0 Å². The summed E-state index contributed by atoms with van der Waals surface area (Å²) < 4.78 is 6.03. The van der Waals surface area contributed by atoms with Gasteiger partial charge in [0.25, 0.3) is 11.8 Å². The number of hydrogen-bond donors (Lipinski definition) is 1. The average molecular weight is 411 g/mol. The number of nitrogens with zero attached hydrogens (tertiary/aromatic N) is 1. The summed E-state index contributed by atoms with van der Waals surface area (Å²) in [7, 11) is 0. The van der Waals surface area contributed by atoms with Gasteiger partial charge in [0.05, 0.1) is 10.6 Å². The van der Waals surface area contributed by atoms with Gasteiger partial charge in [0.2, 0.25) is 0 Å². The zero-order valence-electron chi connectivity index (χ0n) is 15.2. The van der Waals surface area contributed by atoms with Crippen LogP contribution >= 0.6 is 24.0 Å². The van der Waals surface area contributed by atoms with Crippen molar-refractivity contribution in [3.63, 3.8) is 0 Å². The van der Waals surface area contributed by atoms with E-state index in [1.165, 1.54) is 22.9 Å². The largest absolute Gasteiger partial charge is 0.482 e. The highest BCUT2D eigenvalue weighted by molar-refractivity contribution is 8.26. The van der Waals surface area contributed by atoms with E-state index in [4.69, 9.17) is 17.0 Å². The van der Waals surface area contributed by atoms with E-state index in [1.54, 1.807) is 11.0 Å². The topological polar surface area (TPSA) is 58.6 Å². The second kappa shape index (κ2) is 7.77. The minimum Gasteiger partial charge on any atom is -0.482 e. The van der Waals surface area contributed by atoms with Crippen LogP contribution in [-0.4, -0.2) is 29.3 Å². The molecule has 4 rings (SSSR count). The van der Waals surface area contributed by atoms with Crippen molar-refractivity contribution >= 4 is 51.9 Å². The first-order valence-electron chi connectivity index (χ1n) is 8.87. The predicted octanol–water partition coefficient (Wildman–Crippen LogP) is 3.45. The fourth-order valence-electron chi connectivity index (χ4n) is 3.12. The van der Waals surface area contributed by atoms with Crippen LogP contribution in [0.4, 0.5) is 5.69 Å². The van der Waals surface area contributed by atoms with Gasteiger partial charge in [-0.15, -0.1) is 0 Å². The molecule has 2 heterocycles. The molecule has 2 aliphatic rings. The van der Waals surface area contributed by atoms with Gasteiger partial charge in [0.1, 0.15) is 10.1 Å². The van der Waals surface area contributed by atoms with E-state index in [2.05, 4.69) is 36.5 Å². The first-order valence-corrected chi connectivity index (χ1v) is 10.1. The van der Waals surface area contributed by atoms with E-state index < -0.39 is 0 Å². The zero-order valence-corrected chi connectivity index (χ0v) is 16.9. The van der Waals surface area contributed by atoms with E-state index >= 15 is 0 Å². The van der Waals surface area contributed by atoms with Gasteiger partial charge in [0, 0.05) is 6.54 Å². The molecule has 0 radical (unpaired) electrons. The highest BCUT2D eigenvalue weighted by atomic mass is 32.2. The van der Waals surface area contributed by atoms with E-state index in [-0.39, 0.29) is 18.4 Å². The molecule has 0 saturated carbocycles. The molecule has 7 heteroatoms. The Morgan fingerprint density at radius 2 is 2.00 bits per heavy atom. The van der Waals surface area contributed by atoms with E-state index in [1.807, 2.05) is 18.2 Å². The monoisotopic (exact) mass is 410 g/mol. The third-order valence-corrected chi connectivity index (χ3v) is 5.77. The Morgan fingerprint density at radius 3 is 2.71 bits per heavy atom. The Balaban J connectivity index is 1.59. The first kappa shape index (κ1) is 18.7. The first-order chi connectivity index (χ1) is 13.5. The molecule has 2 amide bonds. The lowest BCUT2D eigenvalue weighted by atomic mass is 10.1. The lowest BCUT2D eigenvalue weighted by Gasteiger charge is -2.29. The molecule has 2 aromatic carbocycles. The van der Waals surface area contributed by atoms with Gasteiger partial charge >= 0.3 is 0 Å². The van der Waals surface area contributed by atoms with Gasteiger partial charge in [-0.3, -0.25) is 9.59 Å². The van der Waals surface area contributed by atoms with Crippen molar-refractivity contribution in [2.75, 3.05) is 18.1 Å². The lowest BCUT2D eigenvalue weighted by Crippen LogP contribution is -2.40. The highest BCUT2D eigenvalue weighted by Gasteiger charge is 2.26. The van der Waals surface area contributed by atoms with E-state index in [9.17, 15) is 9.59 Å². The Morgan fingerprint density at radius 1 is 1.21 bits per heavy atom. The van der Waals surface area contributed by atoms with Crippen LogP contribution in [0.1, 0.15) is 16.7 Å². The van der Waals surface area contributed by atoms with Crippen LogP contribution in [-0.2, 0) is 16.0 Å². The molecule has 1 fully saturated rings. The SMILES string of the molecule is Cc1ccc(CCN2C(=O)COc3ccc(/C=C4\SC(=S)NC4=O)cc32)cc1. The number of aryl methyl sites for hydroxylation is 1. The van der Waals surface area contributed by atoms with Crippen molar-refractivity contribution < 1.29 is 14.3 Å². The molecule has 0 unspecified atom stereocenters. The van der Waals surface area contributed by atoms with Gasteiger partial charge in [-0.05, 0) is 42.7 Å². The fourth-order valence-corrected chi connectivity index (χ4v) is 4.17. The van der Waals surface area contributed by atoms with Gasteiger partial charge in [-0.2, -0.15) is 0 Å². The molecule has 5 nitrogen and oxygen atoms in total. The molecule has 2 aromatic rings. The molecule has 1 N–H and O–H groups in total. The van der Waals surface area contributed by atoms with Crippen molar-refractivity contribution in [3.8, 4) is 5.75 Å². The quantitative estimate of drug-likeness (QED) is 0.618.